The highest BCUT2D eigenvalue weighted by molar-refractivity contribution is 5.79. The minimum absolute atomic E-state index is 0.00514. The number of carbonyl (C=O) groups is 2. The molecule has 0 unspecified atom stereocenters. The summed E-state index contributed by atoms with van der Waals surface area (Å²) in [5, 5.41) is 12.2. The van der Waals surface area contributed by atoms with Crippen LogP contribution in [0.25, 0.3) is 0 Å². The molecule has 2 fully saturated rings. The lowest BCUT2D eigenvalue weighted by Crippen LogP contribution is -2.45. The summed E-state index contributed by atoms with van der Waals surface area (Å²) in [7, 11) is 0. The Morgan fingerprint density at radius 1 is 1.04 bits per heavy atom. The van der Waals surface area contributed by atoms with E-state index >= 15 is 0 Å². The zero-order valence-electron chi connectivity index (χ0n) is 14.2. The molecule has 3 rings (SSSR count). The van der Waals surface area contributed by atoms with Gasteiger partial charge in [-0.15, -0.1) is 0 Å². The van der Waals surface area contributed by atoms with Gasteiger partial charge in [-0.1, -0.05) is 36.8 Å². The molecule has 4 nitrogen and oxygen atoms in total. The van der Waals surface area contributed by atoms with Crippen molar-refractivity contribution in [3.63, 3.8) is 0 Å². The zero-order valence-corrected chi connectivity index (χ0v) is 14.2. The largest absolute Gasteiger partial charge is 0.481 e. The Morgan fingerprint density at radius 2 is 1.67 bits per heavy atom. The molecular weight excluding hydrogens is 302 g/mol. The molecule has 24 heavy (non-hydrogen) atoms. The molecule has 2 aliphatic rings. The van der Waals surface area contributed by atoms with Gasteiger partial charge in [-0.25, -0.2) is 0 Å². The van der Waals surface area contributed by atoms with Gasteiger partial charge < -0.3 is 10.4 Å². The third-order valence-corrected chi connectivity index (χ3v) is 5.92. The Kier molecular flexibility index (Phi) is 5.22. The maximum Gasteiger partial charge on any atom is 0.306 e. The summed E-state index contributed by atoms with van der Waals surface area (Å²) in [6.45, 7) is 0.750. The summed E-state index contributed by atoms with van der Waals surface area (Å²) in [6, 6.07) is 10.5. The maximum absolute atomic E-state index is 12.5. The number of carboxylic acids is 1. The van der Waals surface area contributed by atoms with Crippen molar-refractivity contribution in [3.05, 3.63) is 35.9 Å². The van der Waals surface area contributed by atoms with E-state index in [1.807, 2.05) is 6.07 Å². The molecule has 1 amide bonds. The van der Waals surface area contributed by atoms with Gasteiger partial charge in [-0.3, -0.25) is 9.59 Å². The number of rotatable bonds is 6. The van der Waals surface area contributed by atoms with Gasteiger partial charge in [0.2, 0.25) is 5.91 Å². The Labute approximate surface area is 143 Å². The zero-order chi connectivity index (χ0) is 17.0. The standard InChI is InChI=1S/C20H27NO3/c22-18(16-7-9-17(10-8-16)19(23)24)21-14-20(11-4-12-20)13-15-5-2-1-3-6-15/h1-3,5-6,16-17H,4,7-14H2,(H,21,22)(H,23,24). The monoisotopic (exact) mass is 329 g/mol. The van der Waals surface area contributed by atoms with Crippen LogP contribution in [0.4, 0.5) is 0 Å². The molecule has 0 radical (unpaired) electrons. The van der Waals surface area contributed by atoms with Gasteiger partial charge in [0.15, 0.2) is 0 Å². The lowest BCUT2D eigenvalue weighted by atomic mass is 9.65. The third kappa shape index (κ3) is 3.97. The molecule has 2 saturated carbocycles. The van der Waals surface area contributed by atoms with Crippen molar-refractivity contribution in [2.45, 2.75) is 51.4 Å². The van der Waals surface area contributed by atoms with E-state index in [4.69, 9.17) is 5.11 Å². The summed E-state index contributed by atoms with van der Waals surface area (Å²) >= 11 is 0. The first-order valence-electron chi connectivity index (χ1n) is 9.12. The van der Waals surface area contributed by atoms with Crippen LogP contribution >= 0.6 is 0 Å². The number of carboxylic acid groups (broad SMARTS) is 1. The lowest BCUT2D eigenvalue weighted by Gasteiger charge is -2.42. The van der Waals surface area contributed by atoms with Crippen molar-refractivity contribution in [2.75, 3.05) is 6.54 Å². The van der Waals surface area contributed by atoms with E-state index < -0.39 is 5.97 Å². The van der Waals surface area contributed by atoms with E-state index in [0.717, 1.165) is 13.0 Å². The van der Waals surface area contributed by atoms with E-state index in [1.54, 1.807) is 0 Å². The highest BCUT2D eigenvalue weighted by Gasteiger charge is 2.38. The number of amides is 1. The molecule has 0 aromatic heterocycles. The second-order valence-electron chi connectivity index (χ2n) is 7.62. The summed E-state index contributed by atoms with van der Waals surface area (Å²) < 4.78 is 0. The second-order valence-corrected chi connectivity index (χ2v) is 7.62. The van der Waals surface area contributed by atoms with Crippen LogP contribution in [0.3, 0.4) is 0 Å². The molecular formula is C20H27NO3. The molecule has 0 atom stereocenters. The molecule has 0 spiro atoms. The Hall–Kier alpha value is -1.84. The van der Waals surface area contributed by atoms with Crippen LogP contribution in [0.2, 0.25) is 0 Å². The number of benzene rings is 1. The smallest absolute Gasteiger partial charge is 0.306 e. The Bertz CT molecular complexity index is 572. The first kappa shape index (κ1) is 17.0. The average molecular weight is 329 g/mol. The van der Waals surface area contributed by atoms with Gasteiger partial charge >= 0.3 is 5.97 Å². The second kappa shape index (κ2) is 7.37. The van der Waals surface area contributed by atoms with E-state index in [-0.39, 0.29) is 23.2 Å². The van der Waals surface area contributed by atoms with Gasteiger partial charge in [-0.2, -0.15) is 0 Å². The fourth-order valence-electron chi connectivity index (χ4n) is 4.14. The Morgan fingerprint density at radius 3 is 2.21 bits per heavy atom. The molecule has 2 aliphatic carbocycles. The first-order valence-corrected chi connectivity index (χ1v) is 9.12. The number of carbonyl (C=O) groups excluding carboxylic acids is 1. The molecule has 130 valence electrons. The predicted octanol–water partition coefficient (Wildman–Crippen LogP) is 3.41. The summed E-state index contributed by atoms with van der Waals surface area (Å²) in [5.41, 5.74) is 1.56. The van der Waals surface area contributed by atoms with E-state index in [1.165, 1.54) is 24.8 Å². The van der Waals surface area contributed by atoms with Crippen LogP contribution in [0.5, 0.6) is 0 Å². The molecule has 0 heterocycles. The number of hydrogen-bond acceptors (Lipinski definition) is 2. The highest BCUT2D eigenvalue weighted by atomic mass is 16.4. The molecule has 0 bridgehead atoms. The van der Waals surface area contributed by atoms with Crippen LogP contribution in [0, 0.1) is 17.3 Å². The topological polar surface area (TPSA) is 66.4 Å². The van der Waals surface area contributed by atoms with Gasteiger partial charge in [0.1, 0.15) is 0 Å². The molecule has 1 aromatic carbocycles. The van der Waals surface area contributed by atoms with Crippen molar-refractivity contribution in [1.82, 2.24) is 5.32 Å². The van der Waals surface area contributed by atoms with Crippen LogP contribution in [0.15, 0.2) is 30.3 Å². The summed E-state index contributed by atoms with van der Waals surface area (Å²) in [5.74, 6) is -0.858. The highest BCUT2D eigenvalue weighted by Crippen LogP contribution is 2.43. The fraction of sp³-hybridized carbons (Fsp3) is 0.600. The third-order valence-electron chi connectivity index (χ3n) is 5.92. The van der Waals surface area contributed by atoms with Crippen molar-refractivity contribution in [3.8, 4) is 0 Å². The molecule has 4 heteroatoms. The van der Waals surface area contributed by atoms with Crippen LogP contribution in [-0.2, 0) is 16.0 Å². The SMILES string of the molecule is O=C(O)C1CCC(C(=O)NCC2(Cc3ccccc3)CCC2)CC1. The van der Waals surface area contributed by atoms with Crippen LogP contribution < -0.4 is 5.32 Å². The first-order chi connectivity index (χ1) is 11.6. The van der Waals surface area contributed by atoms with Gasteiger partial charge in [0.05, 0.1) is 5.92 Å². The predicted molar refractivity (Wildman–Crippen MR) is 92.5 cm³/mol. The van der Waals surface area contributed by atoms with Gasteiger partial charge in [-0.05, 0) is 55.9 Å². The number of nitrogens with one attached hydrogen (secondary N) is 1. The van der Waals surface area contributed by atoms with E-state index in [2.05, 4.69) is 29.6 Å². The summed E-state index contributed by atoms with van der Waals surface area (Å²) in [6.07, 6.45) is 7.28. The molecule has 2 N–H and O–H groups in total. The van der Waals surface area contributed by atoms with Crippen molar-refractivity contribution < 1.29 is 14.7 Å². The van der Waals surface area contributed by atoms with Crippen molar-refractivity contribution in [2.24, 2.45) is 17.3 Å². The number of aliphatic carboxylic acids is 1. The lowest BCUT2D eigenvalue weighted by molar-refractivity contribution is -0.144. The number of hydrogen-bond donors (Lipinski definition) is 2. The molecule has 0 aliphatic heterocycles. The average Bonchev–Trinajstić information content (AvgIpc) is 2.58. The quantitative estimate of drug-likeness (QED) is 0.840. The van der Waals surface area contributed by atoms with Crippen LogP contribution in [-0.4, -0.2) is 23.5 Å². The fourth-order valence-corrected chi connectivity index (χ4v) is 4.14. The van der Waals surface area contributed by atoms with Crippen molar-refractivity contribution >= 4 is 11.9 Å². The maximum atomic E-state index is 12.5. The minimum atomic E-state index is -0.717. The van der Waals surface area contributed by atoms with Crippen LogP contribution in [0.1, 0.15) is 50.5 Å². The molecule has 1 aromatic rings. The minimum Gasteiger partial charge on any atom is -0.481 e. The van der Waals surface area contributed by atoms with Gasteiger partial charge in [0.25, 0.3) is 0 Å². The Balaban J connectivity index is 1.49. The normalized spacial score (nSPS) is 25.5. The van der Waals surface area contributed by atoms with Gasteiger partial charge in [0, 0.05) is 12.5 Å². The van der Waals surface area contributed by atoms with E-state index in [0.29, 0.717) is 25.7 Å². The van der Waals surface area contributed by atoms with E-state index in [9.17, 15) is 9.59 Å². The van der Waals surface area contributed by atoms with Crippen molar-refractivity contribution in [1.29, 1.82) is 0 Å². The molecule has 0 saturated heterocycles. The summed E-state index contributed by atoms with van der Waals surface area (Å²) in [4.78, 5) is 23.5.